The van der Waals surface area contributed by atoms with Gasteiger partial charge in [-0.05, 0) is 42.5 Å². The zero-order valence-electron chi connectivity index (χ0n) is 23.2. The number of ketones is 1. The summed E-state index contributed by atoms with van der Waals surface area (Å²) in [5, 5.41) is 14.1. The number of aliphatic hydroxyl groups excluding tert-OH is 1. The van der Waals surface area contributed by atoms with E-state index in [1.807, 2.05) is 18.0 Å². The van der Waals surface area contributed by atoms with Crippen molar-refractivity contribution in [2.75, 3.05) is 50.1 Å². The quantitative estimate of drug-likeness (QED) is 0.288. The van der Waals surface area contributed by atoms with E-state index in [1.165, 1.54) is 17.5 Å². The lowest BCUT2D eigenvalue weighted by molar-refractivity contribution is 0.0209. The summed E-state index contributed by atoms with van der Waals surface area (Å²) in [6.07, 6.45) is 4.85. The van der Waals surface area contributed by atoms with Gasteiger partial charge >= 0.3 is 0 Å². The number of β-amino-alcohol motifs (C(OH)–C–C–N with tert-alkyl or cyclic N) is 1. The van der Waals surface area contributed by atoms with Gasteiger partial charge in [0.2, 0.25) is 5.95 Å². The number of anilines is 2. The second kappa shape index (κ2) is 13.2. The molecule has 0 radical (unpaired) electrons. The van der Waals surface area contributed by atoms with Crippen molar-refractivity contribution in [1.29, 1.82) is 0 Å². The van der Waals surface area contributed by atoms with Crippen LogP contribution in [-0.2, 0) is 24.3 Å². The van der Waals surface area contributed by atoms with E-state index in [-0.39, 0.29) is 18.2 Å². The minimum absolute atomic E-state index is 0.0950. The standard InChI is InChI=1S/C29H38N6O5/c1-3-9-34(2)29-32-26(12-28(33-29)31-22-16-38-17-22)27(37)7-5-23(36)15-35-10-8-20-11-24(6-4-21(20)14-35)39-18-25-13-30-19-40-25/h4,6,11-13,19,22-23,36H,3,5,7-10,14-18H2,1-2H3,(H,31,32,33)/t23-/m0/s1. The van der Waals surface area contributed by atoms with Gasteiger partial charge in [0.25, 0.3) is 0 Å². The number of benzene rings is 1. The molecule has 2 aliphatic rings. The first kappa shape index (κ1) is 28.0. The zero-order chi connectivity index (χ0) is 27.9. The van der Waals surface area contributed by atoms with Gasteiger partial charge < -0.3 is 29.2 Å². The minimum atomic E-state index is -0.608. The molecule has 0 amide bonds. The fourth-order valence-corrected chi connectivity index (χ4v) is 4.90. The van der Waals surface area contributed by atoms with Crippen LogP contribution < -0.4 is 15.0 Å². The predicted octanol–water partition coefficient (Wildman–Crippen LogP) is 3.08. The average molecular weight is 551 g/mol. The monoisotopic (exact) mass is 550 g/mol. The van der Waals surface area contributed by atoms with Crippen LogP contribution in [-0.4, -0.2) is 82.8 Å². The third kappa shape index (κ3) is 7.35. The van der Waals surface area contributed by atoms with Gasteiger partial charge in [-0.2, -0.15) is 4.98 Å². The topological polar surface area (TPSA) is 126 Å². The van der Waals surface area contributed by atoms with Gasteiger partial charge in [0.15, 0.2) is 17.9 Å². The van der Waals surface area contributed by atoms with E-state index in [4.69, 9.17) is 13.9 Å². The number of carbonyl (C=O) groups excluding carboxylic acids is 1. The molecule has 2 aliphatic heterocycles. The molecule has 0 unspecified atom stereocenters. The van der Waals surface area contributed by atoms with Crippen LogP contribution >= 0.6 is 0 Å². The summed E-state index contributed by atoms with van der Waals surface area (Å²) in [4.78, 5) is 30.3. The Morgan fingerprint density at radius 3 is 2.90 bits per heavy atom. The zero-order valence-corrected chi connectivity index (χ0v) is 23.2. The molecule has 4 heterocycles. The van der Waals surface area contributed by atoms with Crippen molar-refractivity contribution in [2.45, 2.75) is 57.9 Å². The van der Waals surface area contributed by atoms with Crippen molar-refractivity contribution >= 4 is 17.5 Å². The van der Waals surface area contributed by atoms with Gasteiger partial charge in [-0.25, -0.2) is 9.97 Å². The first-order valence-corrected chi connectivity index (χ1v) is 14.0. The molecule has 0 bridgehead atoms. The Hall–Kier alpha value is -3.54. The molecule has 0 spiro atoms. The Kier molecular flexibility index (Phi) is 9.25. The van der Waals surface area contributed by atoms with Gasteiger partial charge in [0, 0.05) is 45.7 Å². The molecule has 1 saturated heterocycles. The molecular formula is C29H38N6O5. The maximum Gasteiger partial charge on any atom is 0.227 e. The highest BCUT2D eigenvalue weighted by molar-refractivity contribution is 5.95. The fraction of sp³-hybridized carbons (Fsp3) is 0.517. The summed E-state index contributed by atoms with van der Waals surface area (Å²) in [6.45, 7) is 6.57. The van der Waals surface area contributed by atoms with Gasteiger partial charge in [0.1, 0.15) is 23.9 Å². The molecule has 0 saturated carbocycles. The largest absolute Gasteiger partial charge is 0.486 e. The third-order valence-electron chi connectivity index (χ3n) is 7.20. The number of ether oxygens (including phenoxy) is 2. The molecule has 1 fully saturated rings. The SMILES string of the molecule is CCCN(C)c1nc(NC2COC2)cc(C(=O)CC[C@H](O)CN2CCc3cc(OCc4cnco4)ccc3C2)n1. The summed E-state index contributed by atoms with van der Waals surface area (Å²) in [7, 11) is 1.93. The molecule has 2 aromatic heterocycles. The number of oxazole rings is 1. The minimum Gasteiger partial charge on any atom is -0.486 e. The average Bonchev–Trinajstić information content (AvgIpc) is 3.46. The normalized spacial score (nSPS) is 16.2. The number of aromatic nitrogens is 3. The van der Waals surface area contributed by atoms with Gasteiger partial charge in [-0.1, -0.05) is 13.0 Å². The summed E-state index contributed by atoms with van der Waals surface area (Å²) < 4.78 is 16.3. The van der Waals surface area contributed by atoms with Crippen LogP contribution in [0.5, 0.6) is 5.75 Å². The van der Waals surface area contributed by atoms with Crippen LogP contribution in [0.4, 0.5) is 11.8 Å². The van der Waals surface area contributed by atoms with Gasteiger partial charge in [0.05, 0.1) is 31.6 Å². The molecule has 2 N–H and O–H groups in total. The summed E-state index contributed by atoms with van der Waals surface area (Å²) in [6, 6.07) is 8.02. The highest BCUT2D eigenvalue weighted by Gasteiger charge is 2.23. The molecule has 11 nitrogen and oxygen atoms in total. The first-order chi connectivity index (χ1) is 19.5. The Morgan fingerprint density at radius 2 is 2.15 bits per heavy atom. The number of fused-ring (bicyclic) bond motifs is 1. The highest BCUT2D eigenvalue weighted by atomic mass is 16.5. The van der Waals surface area contributed by atoms with Crippen LogP contribution in [0.25, 0.3) is 0 Å². The molecule has 0 aliphatic carbocycles. The van der Waals surface area contributed by atoms with Crippen LogP contribution in [0, 0.1) is 0 Å². The van der Waals surface area contributed by atoms with Crippen molar-refractivity contribution in [3.8, 4) is 5.75 Å². The van der Waals surface area contributed by atoms with E-state index in [2.05, 4.69) is 44.2 Å². The van der Waals surface area contributed by atoms with E-state index < -0.39 is 6.10 Å². The molecule has 1 atom stereocenters. The van der Waals surface area contributed by atoms with Crippen molar-refractivity contribution < 1.29 is 23.8 Å². The number of nitrogens with one attached hydrogen (secondary N) is 1. The van der Waals surface area contributed by atoms with Crippen molar-refractivity contribution in [1.82, 2.24) is 19.9 Å². The number of hydrogen-bond acceptors (Lipinski definition) is 11. The lowest BCUT2D eigenvalue weighted by Gasteiger charge is -2.30. The third-order valence-corrected chi connectivity index (χ3v) is 7.20. The Balaban J connectivity index is 1.12. The molecular weight excluding hydrogens is 512 g/mol. The summed E-state index contributed by atoms with van der Waals surface area (Å²) in [5.41, 5.74) is 2.85. The number of Topliss-reactive ketones (excluding diaryl/α,β-unsaturated/α-hetero) is 1. The lowest BCUT2D eigenvalue weighted by Crippen LogP contribution is -2.40. The highest BCUT2D eigenvalue weighted by Crippen LogP contribution is 2.25. The number of carbonyl (C=O) groups is 1. The molecule has 1 aromatic carbocycles. The van der Waals surface area contributed by atoms with Crippen LogP contribution in [0.3, 0.4) is 0 Å². The van der Waals surface area contributed by atoms with E-state index in [0.29, 0.717) is 56.0 Å². The molecule has 5 rings (SSSR count). The Morgan fingerprint density at radius 1 is 1.27 bits per heavy atom. The molecule has 3 aromatic rings. The Bertz CT molecular complexity index is 1270. The van der Waals surface area contributed by atoms with Crippen LogP contribution in [0.2, 0.25) is 0 Å². The van der Waals surface area contributed by atoms with Gasteiger partial charge in [-0.3, -0.25) is 9.69 Å². The van der Waals surface area contributed by atoms with Crippen molar-refractivity contribution in [2.24, 2.45) is 0 Å². The number of nitrogens with zero attached hydrogens (tertiary/aromatic N) is 5. The Labute approximate surface area is 234 Å². The number of hydrogen-bond donors (Lipinski definition) is 2. The van der Waals surface area contributed by atoms with E-state index in [1.54, 1.807) is 12.3 Å². The van der Waals surface area contributed by atoms with E-state index in [9.17, 15) is 9.90 Å². The van der Waals surface area contributed by atoms with Crippen LogP contribution in [0.1, 0.15) is 53.6 Å². The molecule has 11 heteroatoms. The second-order valence-electron chi connectivity index (χ2n) is 10.5. The smallest absolute Gasteiger partial charge is 0.227 e. The molecule has 40 heavy (non-hydrogen) atoms. The second-order valence-corrected chi connectivity index (χ2v) is 10.5. The predicted molar refractivity (Wildman–Crippen MR) is 150 cm³/mol. The fourth-order valence-electron chi connectivity index (χ4n) is 4.90. The molecule has 214 valence electrons. The first-order valence-electron chi connectivity index (χ1n) is 14.0. The number of aliphatic hydroxyl groups is 1. The van der Waals surface area contributed by atoms with Crippen molar-refractivity contribution in [3.63, 3.8) is 0 Å². The van der Waals surface area contributed by atoms with Crippen molar-refractivity contribution in [3.05, 3.63) is 59.4 Å². The summed E-state index contributed by atoms with van der Waals surface area (Å²) in [5.74, 6) is 2.54. The van der Waals surface area contributed by atoms with E-state index in [0.717, 1.165) is 38.2 Å². The maximum atomic E-state index is 13.1. The summed E-state index contributed by atoms with van der Waals surface area (Å²) >= 11 is 0. The lowest BCUT2D eigenvalue weighted by atomic mass is 9.98. The van der Waals surface area contributed by atoms with Gasteiger partial charge in [-0.15, -0.1) is 0 Å². The van der Waals surface area contributed by atoms with Crippen LogP contribution in [0.15, 0.2) is 41.3 Å². The maximum absolute atomic E-state index is 13.1. The number of rotatable bonds is 14. The van der Waals surface area contributed by atoms with E-state index >= 15 is 0 Å².